The molecule has 0 radical (unpaired) electrons. The molecule has 8 heteroatoms. The van der Waals surface area contributed by atoms with E-state index >= 15 is 0 Å². The number of nitrogens with zero attached hydrogens (tertiary/aromatic N) is 2. The molecular formula is C11H12N2O5S. The molecule has 1 aliphatic rings. The first-order valence-corrected chi connectivity index (χ1v) is 7.12. The summed E-state index contributed by atoms with van der Waals surface area (Å²) in [6.07, 6.45) is 1.58. The molecule has 1 N–H and O–H groups in total. The highest BCUT2D eigenvalue weighted by Gasteiger charge is 2.39. The summed E-state index contributed by atoms with van der Waals surface area (Å²) >= 11 is 0. The fourth-order valence-corrected chi connectivity index (χ4v) is 3.31. The van der Waals surface area contributed by atoms with Crippen LogP contribution in [0.4, 0.5) is 0 Å². The number of hydrogen-bond donors (Lipinski definition) is 1. The van der Waals surface area contributed by atoms with Gasteiger partial charge in [0.2, 0.25) is 10.9 Å². The Hall–Kier alpha value is -1.85. The fraction of sp³-hybridized carbons (Fsp3) is 0.455. The molecular weight excluding hydrogens is 272 g/mol. The van der Waals surface area contributed by atoms with Crippen molar-refractivity contribution in [2.24, 2.45) is 0 Å². The number of rotatable bonds is 6. The van der Waals surface area contributed by atoms with Gasteiger partial charge in [-0.25, -0.2) is 13.2 Å². The highest BCUT2D eigenvalue weighted by atomic mass is 32.2. The Morgan fingerprint density at radius 3 is 2.68 bits per heavy atom. The molecule has 0 aromatic carbocycles. The van der Waals surface area contributed by atoms with E-state index in [2.05, 4.69) is 0 Å². The maximum absolute atomic E-state index is 12.3. The molecule has 0 atom stereocenters. The number of carbonyl (C=O) groups is 1. The quantitative estimate of drug-likeness (QED) is 0.835. The van der Waals surface area contributed by atoms with Crippen LogP contribution in [0.2, 0.25) is 0 Å². The lowest BCUT2D eigenvalue weighted by atomic mass is 10.4. The second-order valence-corrected chi connectivity index (χ2v) is 6.00. The minimum absolute atomic E-state index is 0.0855. The molecule has 1 saturated carbocycles. The Kier molecular flexibility index (Phi) is 3.59. The molecule has 19 heavy (non-hydrogen) atoms. The van der Waals surface area contributed by atoms with Crippen LogP contribution in [0.3, 0.4) is 0 Å². The molecule has 7 nitrogen and oxygen atoms in total. The van der Waals surface area contributed by atoms with Crippen LogP contribution in [0.1, 0.15) is 29.8 Å². The van der Waals surface area contributed by atoms with Gasteiger partial charge >= 0.3 is 5.97 Å². The van der Waals surface area contributed by atoms with Gasteiger partial charge in [-0.15, -0.1) is 0 Å². The summed E-state index contributed by atoms with van der Waals surface area (Å²) in [7, 11) is -3.87. The molecule has 1 heterocycles. The van der Waals surface area contributed by atoms with Gasteiger partial charge in [-0.3, -0.25) is 0 Å². The van der Waals surface area contributed by atoms with Gasteiger partial charge in [-0.2, -0.15) is 9.57 Å². The van der Waals surface area contributed by atoms with Crippen molar-refractivity contribution in [2.45, 2.75) is 30.4 Å². The third-order valence-electron chi connectivity index (χ3n) is 2.75. The third-order valence-corrected chi connectivity index (χ3v) is 4.58. The predicted molar refractivity (Wildman–Crippen MR) is 62.8 cm³/mol. The summed E-state index contributed by atoms with van der Waals surface area (Å²) in [5.41, 5.74) is 0. The van der Waals surface area contributed by atoms with E-state index in [4.69, 9.17) is 14.8 Å². The van der Waals surface area contributed by atoms with Gasteiger partial charge in [0.05, 0.1) is 6.07 Å². The maximum atomic E-state index is 12.3. The molecule has 0 spiro atoms. The van der Waals surface area contributed by atoms with Gasteiger partial charge in [0.25, 0.3) is 10.0 Å². The highest BCUT2D eigenvalue weighted by Crippen LogP contribution is 2.32. The molecule has 1 aliphatic carbocycles. The van der Waals surface area contributed by atoms with Crippen molar-refractivity contribution in [2.75, 3.05) is 6.54 Å². The third kappa shape index (κ3) is 2.77. The van der Waals surface area contributed by atoms with E-state index in [9.17, 15) is 13.2 Å². The number of furan rings is 1. The van der Waals surface area contributed by atoms with E-state index in [-0.39, 0.29) is 19.0 Å². The second-order valence-electron chi connectivity index (χ2n) is 4.18. The summed E-state index contributed by atoms with van der Waals surface area (Å²) in [5, 5.41) is 16.9. The smallest absolute Gasteiger partial charge is 0.371 e. The zero-order valence-electron chi connectivity index (χ0n) is 9.94. The van der Waals surface area contributed by atoms with E-state index in [1.165, 1.54) is 4.31 Å². The average molecular weight is 284 g/mol. The first-order chi connectivity index (χ1) is 8.96. The molecule has 1 aromatic heterocycles. The van der Waals surface area contributed by atoms with Crippen LogP contribution < -0.4 is 0 Å². The van der Waals surface area contributed by atoms with Crippen LogP contribution in [0.15, 0.2) is 21.6 Å². The van der Waals surface area contributed by atoms with Crippen LogP contribution in [0.5, 0.6) is 0 Å². The fourth-order valence-electron chi connectivity index (χ4n) is 1.71. The normalized spacial score (nSPS) is 15.4. The molecule has 0 bridgehead atoms. The van der Waals surface area contributed by atoms with E-state index in [1.807, 2.05) is 6.07 Å². The average Bonchev–Trinajstić information content (AvgIpc) is 3.04. The van der Waals surface area contributed by atoms with Crippen LogP contribution in [-0.2, 0) is 10.0 Å². The predicted octanol–water partition coefficient (Wildman–Crippen LogP) is 1.04. The van der Waals surface area contributed by atoms with Gasteiger partial charge < -0.3 is 9.52 Å². The zero-order valence-corrected chi connectivity index (χ0v) is 10.8. The lowest BCUT2D eigenvalue weighted by Crippen LogP contribution is -2.33. The van der Waals surface area contributed by atoms with E-state index in [0.29, 0.717) is 0 Å². The first kappa shape index (κ1) is 13.6. The second kappa shape index (κ2) is 5.03. The number of carboxylic acid groups (broad SMARTS) is 1. The minimum Gasteiger partial charge on any atom is -0.475 e. The summed E-state index contributed by atoms with van der Waals surface area (Å²) in [6.45, 7) is 0.0899. The Balaban J connectivity index is 2.28. The first-order valence-electron chi connectivity index (χ1n) is 5.68. The molecule has 0 unspecified atom stereocenters. The monoisotopic (exact) mass is 284 g/mol. The molecule has 102 valence electrons. The van der Waals surface area contributed by atoms with E-state index in [1.54, 1.807) is 0 Å². The Bertz CT molecular complexity index is 624. The van der Waals surface area contributed by atoms with Crippen molar-refractivity contribution in [3.8, 4) is 6.07 Å². The van der Waals surface area contributed by atoms with Crippen LogP contribution in [0.25, 0.3) is 0 Å². The summed E-state index contributed by atoms with van der Waals surface area (Å²) < 4.78 is 30.6. The van der Waals surface area contributed by atoms with Gasteiger partial charge in [0.1, 0.15) is 0 Å². The number of hydrogen-bond acceptors (Lipinski definition) is 5. The number of carboxylic acids is 1. The van der Waals surface area contributed by atoms with Gasteiger partial charge in [0.15, 0.2) is 0 Å². The Morgan fingerprint density at radius 1 is 1.53 bits per heavy atom. The molecule has 2 rings (SSSR count). The molecule has 0 amide bonds. The SMILES string of the molecule is N#CCCN(C1CC1)S(=O)(=O)c1ccc(C(=O)O)o1. The Morgan fingerprint density at radius 2 is 2.21 bits per heavy atom. The molecule has 1 aromatic rings. The van der Waals surface area contributed by atoms with Crippen molar-refractivity contribution < 1.29 is 22.7 Å². The topological polar surface area (TPSA) is 112 Å². The van der Waals surface area contributed by atoms with Crippen molar-refractivity contribution in [3.05, 3.63) is 17.9 Å². The molecule has 0 aliphatic heterocycles. The van der Waals surface area contributed by atoms with Gasteiger partial charge in [-0.05, 0) is 25.0 Å². The Labute approximate surface area is 110 Å². The lowest BCUT2D eigenvalue weighted by Gasteiger charge is -2.18. The summed E-state index contributed by atoms with van der Waals surface area (Å²) in [5.74, 6) is -1.74. The maximum Gasteiger partial charge on any atom is 0.371 e. The standard InChI is InChI=1S/C11H12N2O5S/c12-6-1-7-13(8-2-3-8)19(16,17)10-5-4-9(18-10)11(14)15/h4-5,8H,1-3,7H2,(H,14,15). The van der Waals surface area contributed by atoms with E-state index < -0.39 is 26.8 Å². The highest BCUT2D eigenvalue weighted by molar-refractivity contribution is 7.89. The van der Waals surface area contributed by atoms with Gasteiger partial charge in [-0.1, -0.05) is 0 Å². The number of sulfonamides is 1. The lowest BCUT2D eigenvalue weighted by molar-refractivity contribution is 0.0656. The van der Waals surface area contributed by atoms with Crippen LogP contribution >= 0.6 is 0 Å². The van der Waals surface area contributed by atoms with Crippen molar-refractivity contribution in [3.63, 3.8) is 0 Å². The van der Waals surface area contributed by atoms with Crippen LogP contribution in [0, 0.1) is 11.3 Å². The van der Waals surface area contributed by atoms with Crippen molar-refractivity contribution in [1.82, 2.24) is 4.31 Å². The summed E-state index contributed by atoms with van der Waals surface area (Å²) in [4.78, 5) is 10.7. The van der Waals surface area contributed by atoms with E-state index in [0.717, 1.165) is 25.0 Å². The van der Waals surface area contributed by atoms with Crippen molar-refractivity contribution in [1.29, 1.82) is 5.26 Å². The number of nitriles is 1. The molecule has 1 fully saturated rings. The summed E-state index contributed by atoms with van der Waals surface area (Å²) in [6, 6.07) is 4.01. The zero-order chi connectivity index (χ0) is 14.0. The minimum atomic E-state index is -3.87. The number of aromatic carboxylic acids is 1. The molecule has 0 saturated heterocycles. The van der Waals surface area contributed by atoms with Crippen LogP contribution in [-0.4, -0.2) is 36.4 Å². The van der Waals surface area contributed by atoms with Gasteiger partial charge in [0, 0.05) is 19.0 Å². The van der Waals surface area contributed by atoms with Crippen molar-refractivity contribution >= 4 is 16.0 Å². The largest absolute Gasteiger partial charge is 0.475 e.